The molecule has 1 aromatic rings. The zero-order valence-electron chi connectivity index (χ0n) is 13.8. The van der Waals surface area contributed by atoms with Crippen molar-refractivity contribution in [1.82, 2.24) is 14.3 Å². The average molecular weight is 365 g/mol. The second-order valence-electron chi connectivity index (χ2n) is 6.66. The molecule has 11 heteroatoms. The van der Waals surface area contributed by atoms with Gasteiger partial charge in [0.15, 0.2) is 14.6 Å². The molecule has 0 radical (unpaired) electrons. The van der Waals surface area contributed by atoms with E-state index in [0.717, 1.165) is 17.1 Å². The number of sulfonamides is 1. The average Bonchev–Trinajstić information content (AvgIpc) is 2.80. The summed E-state index contributed by atoms with van der Waals surface area (Å²) in [6, 6.07) is 0. The van der Waals surface area contributed by atoms with Crippen LogP contribution in [0.5, 0.6) is 0 Å². The van der Waals surface area contributed by atoms with E-state index < -0.39 is 29.1 Å². The van der Waals surface area contributed by atoms with E-state index in [1.54, 1.807) is 0 Å². The van der Waals surface area contributed by atoms with E-state index in [2.05, 4.69) is 9.71 Å². The van der Waals surface area contributed by atoms with Crippen LogP contribution in [0.15, 0.2) is 12.5 Å². The molecule has 1 aromatic heterocycles. The van der Waals surface area contributed by atoms with Gasteiger partial charge in [0.25, 0.3) is 10.0 Å². The van der Waals surface area contributed by atoms with Crippen LogP contribution in [0.1, 0.15) is 26.7 Å². The lowest BCUT2D eigenvalue weighted by Crippen LogP contribution is -2.39. The van der Waals surface area contributed by atoms with Crippen LogP contribution in [0, 0.1) is 10.1 Å². The lowest BCUT2D eigenvalue weighted by atomic mass is 10.1. The first kappa shape index (κ1) is 19.7. The number of aromatic nitrogens is 2. The molecule has 0 aliphatic carbocycles. The number of hydrogen-bond acceptors (Lipinski definition) is 6. The summed E-state index contributed by atoms with van der Waals surface area (Å²) in [5.74, 6) is -0.919. The van der Waals surface area contributed by atoms with Crippen molar-refractivity contribution in [3.8, 4) is 0 Å². The Kier molecular flexibility index (Phi) is 6.07. The zero-order valence-corrected chi connectivity index (χ0v) is 15.6. The summed E-state index contributed by atoms with van der Waals surface area (Å²) >= 11 is 0. The summed E-state index contributed by atoms with van der Waals surface area (Å²) in [7, 11) is -6.01. The molecule has 0 atom stereocenters. The zero-order chi connectivity index (χ0) is 17.9. The van der Waals surface area contributed by atoms with Gasteiger partial charge in [-0.1, -0.05) is 13.8 Å². The van der Waals surface area contributed by atoms with Gasteiger partial charge in [0, 0.05) is 6.54 Å². The van der Waals surface area contributed by atoms with Gasteiger partial charge in [0.2, 0.25) is 5.88 Å². The van der Waals surface area contributed by atoms with E-state index in [-0.39, 0.29) is 17.4 Å². The number of nitro groups is 1. The van der Waals surface area contributed by atoms with Crippen molar-refractivity contribution in [2.75, 3.05) is 6.54 Å². The summed E-state index contributed by atoms with van der Waals surface area (Å²) in [4.78, 5) is 23.8. The van der Waals surface area contributed by atoms with Crippen LogP contribution in [0.2, 0.25) is 18.1 Å². The van der Waals surface area contributed by atoms with E-state index in [9.17, 15) is 23.3 Å². The van der Waals surface area contributed by atoms with Gasteiger partial charge in [0.05, 0.1) is 0 Å². The monoisotopic (exact) mass is 364 g/mol. The quantitative estimate of drug-likeness (QED) is 0.295. The summed E-state index contributed by atoms with van der Waals surface area (Å²) in [5, 5.41) is 10.5. The first-order valence-corrected chi connectivity index (χ1v) is 11.8. The predicted octanol–water partition coefficient (Wildman–Crippen LogP) is 1.43. The van der Waals surface area contributed by atoms with E-state index in [0.29, 0.717) is 12.8 Å². The molecule has 0 spiro atoms. The fourth-order valence-electron chi connectivity index (χ4n) is 1.86. The maximum atomic E-state index is 12.0. The van der Waals surface area contributed by atoms with E-state index in [4.69, 9.17) is 0 Å². The highest BCUT2D eigenvalue weighted by Crippen LogP contribution is 2.39. The highest BCUT2D eigenvalue weighted by molar-refractivity contribution is 7.88. The molecule has 1 heterocycles. The van der Waals surface area contributed by atoms with Crippen LogP contribution >= 0.6 is 0 Å². The number of hydrogen-bond donors (Lipinski definition) is 2. The molecule has 0 saturated carbocycles. The van der Waals surface area contributed by atoms with Gasteiger partial charge in [-0.3, -0.25) is 0 Å². The lowest BCUT2D eigenvalue weighted by molar-refractivity contribution is -0.391. The van der Waals surface area contributed by atoms with Gasteiger partial charge in [-0.25, -0.2) is 18.1 Å². The van der Waals surface area contributed by atoms with Crippen molar-refractivity contribution in [3.05, 3.63) is 22.6 Å². The number of imidazole rings is 1. The fraction of sp³-hybridized carbons (Fsp3) is 0.750. The Hall–Kier alpha value is -1.30. The minimum atomic E-state index is -3.70. The van der Waals surface area contributed by atoms with Crippen molar-refractivity contribution < 1.29 is 18.1 Å². The molecule has 0 aliphatic rings. The molecule has 0 fully saturated rings. The maximum absolute atomic E-state index is 12.0. The molecule has 132 valence electrons. The minimum Gasteiger partial charge on any atom is -0.432 e. The molecular formula is C12H24N4O5SSi. The smallest absolute Gasteiger partial charge is 0.343 e. The Morgan fingerprint density at radius 2 is 2.09 bits per heavy atom. The largest absolute Gasteiger partial charge is 0.432 e. The number of nitrogens with one attached hydrogen (secondary N) is 1. The highest BCUT2D eigenvalue weighted by Gasteiger charge is 2.37. The summed E-state index contributed by atoms with van der Waals surface area (Å²) in [6.45, 7) is 7.88. The first-order chi connectivity index (χ1) is 10.4. The van der Waals surface area contributed by atoms with Crippen molar-refractivity contribution in [2.24, 2.45) is 0 Å². The summed E-state index contributed by atoms with van der Waals surface area (Å²) in [6.07, 6.45) is 3.39. The van der Waals surface area contributed by atoms with Gasteiger partial charge in [-0.2, -0.15) is 4.57 Å². The third-order valence-corrected chi connectivity index (χ3v) is 8.97. The Morgan fingerprint density at radius 3 is 2.61 bits per heavy atom. The van der Waals surface area contributed by atoms with Crippen LogP contribution in [0.25, 0.3) is 0 Å². The Bertz CT molecular complexity index is 651. The molecule has 0 bridgehead atoms. The standard InChI is InChI=1S/C12H24N4O5SSi/c1-12(2,23(3,4)21)6-5-7-14-22(19,20)10-15-9-13-8-11(15)16(17)18/h8-9,14,21H,5-7,10H2,1-4H3. The van der Waals surface area contributed by atoms with Gasteiger partial charge >= 0.3 is 5.82 Å². The second-order valence-corrected chi connectivity index (χ2v) is 12.9. The molecule has 0 aliphatic heterocycles. The summed E-state index contributed by atoms with van der Waals surface area (Å²) < 4.78 is 27.3. The lowest BCUT2D eigenvalue weighted by Gasteiger charge is -2.35. The molecule has 23 heavy (non-hydrogen) atoms. The summed E-state index contributed by atoms with van der Waals surface area (Å²) in [5.41, 5.74) is 0. The third kappa shape index (κ3) is 5.68. The van der Waals surface area contributed by atoms with Crippen molar-refractivity contribution in [2.45, 2.75) is 50.7 Å². The second kappa shape index (κ2) is 7.07. The van der Waals surface area contributed by atoms with Crippen molar-refractivity contribution in [3.63, 3.8) is 0 Å². The predicted molar refractivity (Wildman–Crippen MR) is 88.8 cm³/mol. The van der Waals surface area contributed by atoms with Gasteiger partial charge < -0.3 is 14.9 Å². The van der Waals surface area contributed by atoms with Gasteiger partial charge in [0.1, 0.15) is 6.20 Å². The highest BCUT2D eigenvalue weighted by atomic mass is 32.2. The van der Waals surface area contributed by atoms with Crippen LogP contribution < -0.4 is 4.72 Å². The molecule has 2 N–H and O–H groups in total. The topological polar surface area (TPSA) is 127 Å². The molecule has 0 unspecified atom stereocenters. The van der Waals surface area contributed by atoms with Gasteiger partial charge in [-0.15, -0.1) is 0 Å². The minimum absolute atomic E-state index is 0.221. The molecule has 1 rings (SSSR count). The van der Waals surface area contributed by atoms with Crippen LogP contribution in [0.4, 0.5) is 5.82 Å². The van der Waals surface area contributed by atoms with E-state index in [1.807, 2.05) is 26.9 Å². The van der Waals surface area contributed by atoms with Crippen molar-refractivity contribution in [1.29, 1.82) is 0 Å². The maximum Gasteiger partial charge on any atom is 0.343 e. The van der Waals surface area contributed by atoms with Crippen LogP contribution in [0.3, 0.4) is 0 Å². The van der Waals surface area contributed by atoms with E-state index in [1.165, 1.54) is 0 Å². The van der Waals surface area contributed by atoms with Crippen molar-refractivity contribution >= 4 is 24.2 Å². The Labute approximate surface area is 137 Å². The van der Waals surface area contributed by atoms with Crippen LogP contribution in [-0.2, 0) is 15.9 Å². The molecule has 0 saturated heterocycles. The molecular weight excluding hydrogens is 340 g/mol. The Balaban J connectivity index is 2.54. The third-order valence-electron chi connectivity index (χ3n) is 4.14. The molecule has 9 nitrogen and oxygen atoms in total. The SMILES string of the molecule is CC(C)(CCCNS(=O)(=O)Cn1cncc1[N+](=O)[O-])[Si](C)(C)O. The number of rotatable bonds is 9. The fourth-order valence-corrected chi connectivity index (χ4v) is 3.76. The number of nitrogens with zero attached hydrogens (tertiary/aromatic N) is 3. The van der Waals surface area contributed by atoms with Gasteiger partial charge in [-0.05, 0) is 35.9 Å². The molecule has 0 aromatic carbocycles. The Morgan fingerprint density at radius 1 is 1.48 bits per heavy atom. The first-order valence-electron chi connectivity index (χ1n) is 7.20. The normalized spacial score (nSPS) is 13.3. The van der Waals surface area contributed by atoms with E-state index >= 15 is 0 Å². The van der Waals surface area contributed by atoms with Crippen LogP contribution in [-0.4, -0.2) is 42.6 Å². The molecule has 0 amide bonds.